The van der Waals surface area contributed by atoms with Gasteiger partial charge < -0.3 is 15.8 Å². The van der Waals surface area contributed by atoms with Gasteiger partial charge in [0, 0.05) is 22.0 Å². The van der Waals surface area contributed by atoms with Crippen LogP contribution in [0.1, 0.15) is 64.2 Å². The number of halogens is 4. The van der Waals surface area contributed by atoms with Gasteiger partial charge in [-0.2, -0.15) is 4.68 Å². The van der Waals surface area contributed by atoms with E-state index in [2.05, 4.69) is 46.0 Å². The molecular weight excluding hydrogens is 523 g/mol. The van der Waals surface area contributed by atoms with Crippen molar-refractivity contribution in [1.29, 1.82) is 0 Å². The Labute approximate surface area is 198 Å². The van der Waals surface area contributed by atoms with Crippen LogP contribution in [0.5, 0.6) is 5.75 Å². The number of benzene rings is 1. The summed E-state index contributed by atoms with van der Waals surface area (Å²) in [6, 6.07) is 4.04. The molecule has 1 aliphatic carbocycles. The first kappa shape index (κ1) is 23.6. The van der Waals surface area contributed by atoms with E-state index in [0.717, 1.165) is 31.3 Å². The van der Waals surface area contributed by atoms with E-state index in [0.29, 0.717) is 11.6 Å². The molecule has 178 valence electrons. The summed E-state index contributed by atoms with van der Waals surface area (Å²) in [7, 11) is 0. The average Bonchev–Trinajstić information content (AvgIpc) is 3.50. The Morgan fingerprint density at radius 1 is 1.24 bits per heavy atom. The molecule has 34 heavy (non-hydrogen) atoms. The number of nitrogens with one attached hydrogen (secondary N) is 1. The molecule has 3 aromatic rings. The van der Waals surface area contributed by atoms with Crippen LogP contribution in [-0.4, -0.2) is 42.9 Å². The maximum atomic E-state index is 12.8. The topological polar surface area (TPSA) is 138 Å². The van der Waals surface area contributed by atoms with Crippen LogP contribution in [0.3, 0.4) is 0 Å². The number of primary amides is 1. The van der Waals surface area contributed by atoms with Crippen molar-refractivity contribution in [2.75, 3.05) is 0 Å². The lowest BCUT2D eigenvalue weighted by Gasteiger charge is -2.15. The van der Waals surface area contributed by atoms with Crippen LogP contribution in [0.25, 0.3) is 5.82 Å². The van der Waals surface area contributed by atoms with E-state index >= 15 is 0 Å². The fourth-order valence-electron chi connectivity index (χ4n) is 3.13. The summed E-state index contributed by atoms with van der Waals surface area (Å²) in [6.07, 6.45) is -1.91. The van der Waals surface area contributed by atoms with Gasteiger partial charge in [-0.1, -0.05) is 15.9 Å². The largest absolute Gasteiger partial charge is 0.573 e. The number of nitrogens with two attached hydrogens (primary N) is 1. The highest BCUT2D eigenvalue weighted by molar-refractivity contribution is 9.10. The number of carbonyl (C=O) groups excluding carboxylic acids is 2. The van der Waals surface area contributed by atoms with Crippen molar-refractivity contribution in [3.63, 3.8) is 0 Å². The molecule has 4 rings (SSSR count). The smallest absolute Gasteiger partial charge is 0.406 e. The Balaban J connectivity index is 1.62. The second-order valence-electron chi connectivity index (χ2n) is 7.56. The molecule has 2 amide bonds. The molecule has 14 heteroatoms. The number of hydrogen-bond acceptors (Lipinski definition) is 7. The zero-order chi connectivity index (χ0) is 24.6. The zero-order valence-corrected chi connectivity index (χ0v) is 19.1. The number of alkyl halides is 3. The normalized spacial score (nSPS) is 14.5. The monoisotopic (exact) mass is 539 g/mol. The van der Waals surface area contributed by atoms with E-state index in [9.17, 15) is 22.8 Å². The molecule has 1 aromatic carbocycles. The van der Waals surface area contributed by atoms with Gasteiger partial charge in [-0.05, 0) is 38.0 Å². The van der Waals surface area contributed by atoms with Crippen LogP contribution in [0.4, 0.5) is 13.2 Å². The number of aromatic nitrogens is 5. The van der Waals surface area contributed by atoms with E-state index in [-0.39, 0.29) is 27.5 Å². The number of carbonyl (C=O) groups is 2. The van der Waals surface area contributed by atoms with Crippen molar-refractivity contribution in [3.8, 4) is 11.6 Å². The minimum absolute atomic E-state index is 0.0255. The Kier molecular flexibility index (Phi) is 6.25. The lowest BCUT2D eigenvalue weighted by atomic mass is 10.2. The van der Waals surface area contributed by atoms with Crippen molar-refractivity contribution in [1.82, 2.24) is 30.0 Å². The second kappa shape index (κ2) is 9.00. The number of hydrogen-bond donors (Lipinski definition) is 2. The van der Waals surface area contributed by atoms with E-state index in [1.54, 1.807) is 6.92 Å². The first-order chi connectivity index (χ1) is 16.0. The van der Waals surface area contributed by atoms with E-state index < -0.39 is 30.0 Å². The lowest BCUT2D eigenvalue weighted by molar-refractivity contribution is -0.274. The van der Waals surface area contributed by atoms with Gasteiger partial charge >= 0.3 is 6.36 Å². The van der Waals surface area contributed by atoms with Crippen LogP contribution in [-0.2, 0) is 0 Å². The highest BCUT2D eigenvalue weighted by Crippen LogP contribution is 2.38. The molecule has 2 heterocycles. The van der Waals surface area contributed by atoms with E-state index in [1.807, 2.05) is 0 Å². The second-order valence-corrected chi connectivity index (χ2v) is 8.47. The summed E-state index contributed by atoms with van der Waals surface area (Å²) in [5.41, 5.74) is 5.21. The maximum absolute atomic E-state index is 12.8. The summed E-state index contributed by atoms with van der Waals surface area (Å²) in [5, 5.41) is 7.17. The van der Waals surface area contributed by atoms with Crippen LogP contribution in [0, 0.1) is 0 Å². The third-order valence-corrected chi connectivity index (χ3v) is 5.27. The van der Waals surface area contributed by atoms with E-state index in [1.165, 1.54) is 16.8 Å². The standard InChI is InChI=1S/C20H17BrF3N7O3/c1-9(28-19(33)11-4-12(21)6-13(5-11)34-20(22,23)24)18-29-17(10-2-3-10)30-31(18)15-7-14(16(25)32)26-8-27-15/h4-10H,2-3H2,1H3,(H2,25,32)(H,28,33). The average molecular weight is 540 g/mol. The molecule has 1 fully saturated rings. The lowest BCUT2D eigenvalue weighted by Crippen LogP contribution is -2.29. The molecule has 0 aliphatic heterocycles. The summed E-state index contributed by atoms with van der Waals surface area (Å²) >= 11 is 3.08. The first-order valence-electron chi connectivity index (χ1n) is 9.96. The molecule has 1 aliphatic rings. The van der Waals surface area contributed by atoms with Gasteiger partial charge in [0.25, 0.3) is 11.8 Å². The molecule has 3 N–H and O–H groups in total. The van der Waals surface area contributed by atoms with Gasteiger partial charge in [0.05, 0.1) is 6.04 Å². The fourth-order valence-corrected chi connectivity index (χ4v) is 3.60. The van der Waals surface area contributed by atoms with Gasteiger partial charge in [-0.3, -0.25) is 9.59 Å². The number of amides is 2. The first-order valence-corrected chi connectivity index (χ1v) is 10.8. The minimum atomic E-state index is -4.90. The van der Waals surface area contributed by atoms with Crippen molar-refractivity contribution in [2.24, 2.45) is 5.73 Å². The molecular formula is C20H17BrF3N7O3. The van der Waals surface area contributed by atoms with Crippen LogP contribution >= 0.6 is 15.9 Å². The molecule has 0 bridgehead atoms. The van der Waals surface area contributed by atoms with Gasteiger partial charge in [0.1, 0.15) is 17.8 Å². The molecule has 2 aromatic heterocycles. The quantitative estimate of drug-likeness (QED) is 0.470. The Morgan fingerprint density at radius 2 is 1.97 bits per heavy atom. The number of rotatable bonds is 7. The Bertz CT molecular complexity index is 1260. The van der Waals surface area contributed by atoms with Crippen LogP contribution in [0.15, 0.2) is 35.1 Å². The number of ether oxygens (including phenoxy) is 1. The fraction of sp³-hybridized carbons (Fsp3) is 0.300. The number of nitrogens with zero attached hydrogens (tertiary/aromatic N) is 5. The summed E-state index contributed by atoms with van der Waals surface area (Å²) in [5.74, 6) is -0.691. The van der Waals surface area contributed by atoms with Crippen LogP contribution in [0.2, 0.25) is 0 Å². The SMILES string of the molecule is CC(NC(=O)c1cc(Br)cc(OC(F)(F)F)c1)c1nc(C2CC2)nn1-c1cc(C(N)=O)ncn1. The highest BCUT2D eigenvalue weighted by atomic mass is 79.9. The molecule has 0 saturated heterocycles. The van der Waals surface area contributed by atoms with Crippen molar-refractivity contribution >= 4 is 27.7 Å². The maximum Gasteiger partial charge on any atom is 0.573 e. The summed E-state index contributed by atoms with van der Waals surface area (Å²) in [6.45, 7) is 1.64. The molecule has 1 saturated carbocycles. The van der Waals surface area contributed by atoms with Crippen LogP contribution < -0.4 is 15.8 Å². The molecule has 0 radical (unpaired) electrons. The summed E-state index contributed by atoms with van der Waals surface area (Å²) in [4.78, 5) is 36.8. The third-order valence-electron chi connectivity index (χ3n) is 4.82. The van der Waals surface area contributed by atoms with Crippen molar-refractivity contribution in [3.05, 3.63) is 58.0 Å². The predicted molar refractivity (Wildman–Crippen MR) is 114 cm³/mol. The Hall–Kier alpha value is -3.55. The molecule has 0 spiro atoms. The van der Waals surface area contributed by atoms with Crippen molar-refractivity contribution in [2.45, 2.75) is 38.1 Å². The van der Waals surface area contributed by atoms with Gasteiger partial charge in [-0.15, -0.1) is 18.3 Å². The van der Waals surface area contributed by atoms with Crippen molar-refractivity contribution < 1.29 is 27.5 Å². The molecule has 10 nitrogen and oxygen atoms in total. The Morgan fingerprint density at radius 3 is 2.62 bits per heavy atom. The summed E-state index contributed by atoms with van der Waals surface area (Å²) < 4.78 is 43.3. The molecule has 1 unspecified atom stereocenters. The predicted octanol–water partition coefficient (Wildman–Crippen LogP) is 3.19. The third kappa shape index (κ3) is 5.50. The zero-order valence-electron chi connectivity index (χ0n) is 17.5. The van der Waals surface area contributed by atoms with Gasteiger partial charge in [0.15, 0.2) is 17.5 Å². The van der Waals surface area contributed by atoms with Gasteiger partial charge in [0.2, 0.25) is 0 Å². The molecule has 1 atom stereocenters. The minimum Gasteiger partial charge on any atom is -0.406 e. The van der Waals surface area contributed by atoms with E-state index in [4.69, 9.17) is 5.73 Å². The highest BCUT2D eigenvalue weighted by Gasteiger charge is 2.32. The van der Waals surface area contributed by atoms with Gasteiger partial charge in [-0.25, -0.2) is 15.0 Å².